The quantitative estimate of drug-likeness (QED) is 0.547. The molecule has 0 saturated heterocycles. The predicted molar refractivity (Wildman–Crippen MR) is 55.8 cm³/mol. The number of nitrogens with one attached hydrogen (secondary N) is 2. The number of aromatic nitrogens is 1. The summed E-state index contributed by atoms with van der Waals surface area (Å²) in [4.78, 5) is 14.3. The Labute approximate surface area is 89.5 Å². The average Bonchev–Trinajstić information content (AvgIpc) is 2.53. The summed E-state index contributed by atoms with van der Waals surface area (Å²) >= 11 is 1.13. The molecule has 0 aliphatic rings. The van der Waals surface area contributed by atoms with Crippen molar-refractivity contribution in [3.05, 3.63) is 4.88 Å². The maximum Gasteiger partial charge on any atom is 0.404 e. The fourth-order valence-corrected chi connectivity index (χ4v) is 1.53. The molecule has 7 nitrogen and oxygen atoms in total. The molecule has 1 aromatic rings. The van der Waals surface area contributed by atoms with Crippen LogP contribution in [0.25, 0.3) is 0 Å². The summed E-state index contributed by atoms with van der Waals surface area (Å²) in [5.41, 5.74) is 5.43. The lowest BCUT2D eigenvalue weighted by Gasteiger charge is -2.01. The third-order valence-electron chi connectivity index (χ3n) is 1.43. The zero-order chi connectivity index (χ0) is 11.3. The van der Waals surface area contributed by atoms with Gasteiger partial charge < -0.3 is 21.5 Å². The number of thiazole rings is 1. The molecule has 0 bridgehead atoms. The Morgan fingerprint density at radius 1 is 1.67 bits per heavy atom. The van der Waals surface area contributed by atoms with Crippen molar-refractivity contribution < 1.29 is 9.90 Å². The Hall–Kier alpha value is -2.01. The van der Waals surface area contributed by atoms with Gasteiger partial charge in [0, 0.05) is 13.1 Å². The molecule has 0 aromatic carbocycles. The molecule has 8 heteroatoms. The van der Waals surface area contributed by atoms with E-state index in [-0.39, 0.29) is 12.4 Å². The summed E-state index contributed by atoms with van der Waals surface area (Å²) in [7, 11) is 0. The van der Waals surface area contributed by atoms with Gasteiger partial charge in [-0.25, -0.2) is 9.78 Å². The third kappa shape index (κ3) is 3.32. The molecule has 1 rings (SSSR count). The van der Waals surface area contributed by atoms with Gasteiger partial charge in [0.2, 0.25) is 0 Å². The van der Waals surface area contributed by atoms with Crippen LogP contribution in [0.1, 0.15) is 4.88 Å². The van der Waals surface area contributed by atoms with Crippen molar-refractivity contribution >= 4 is 28.4 Å². The largest absolute Gasteiger partial charge is 0.465 e. The smallest absolute Gasteiger partial charge is 0.404 e. The first-order valence-electron chi connectivity index (χ1n) is 4.00. The lowest BCUT2D eigenvalue weighted by atomic mass is 10.5. The van der Waals surface area contributed by atoms with E-state index in [0.29, 0.717) is 16.6 Å². The van der Waals surface area contributed by atoms with Crippen molar-refractivity contribution in [2.45, 2.75) is 0 Å². The van der Waals surface area contributed by atoms with Crippen LogP contribution in [0.15, 0.2) is 0 Å². The number of hydrogen-bond donors (Lipinski definition) is 4. The van der Waals surface area contributed by atoms with Crippen molar-refractivity contribution in [2.75, 3.05) is 24.1 Å². The van der Waals surface area contributed by atoms with E-state index in [4.69, 9.17) is 16.1 Å². The van der Waals surface area contributed by atoms with Crippen molar-refractivity contribution in [1.29, 1.82) is 5.26 Å². The highest BCUT2D eigenvalue weighted by Crippen LogP contribution is 2.23. The first-order valence-corrected chi connectivity index (χ1v) is 4.82. The number of hydrogen-bond acceptors (Lipinski definition) is 6. The molecule has 1 amide bonds. The zero-order valence-corrected chi connectivity index (χ0v) is 8.47. The van der Waals surface area contributed by atoms with Crippen LogP contribution >= 0.6 is 11.3 Å². The van der Waals surface area contributed by atoms with Crippen LogP contribution in [0.3, 0.4) is 0 Å². The van der Waals surface area contributed by atoms with E-state index in [9.17, 15) is 4.79 Å². The van der Waals surface area contributed by atoms with Crippen molar-refractivity contribution in [3.63, 3.8) is 0 Å². The minimum absolute atomic E-state index is 0.191. The molecular weight excluding hydrogens is 218 g/mol. The molecule has 0 fully saturated rings. The van der Waals surface area contributed by atoms with E-state index in [1.54, 1.807) is 0 Å². The number of nitriles is 1. The number of carbonyl (C=O) groups is 1. The van der Waals surface area contributed by atoms with Gasteiger partial charge in [0.05, 0.1) is 0 Å². The molecule has 1 heterocycles. The van der Waals surface area contributed by atoms with E-state index >= 15 is 0 Å². The summed E-state index contributed by atoms with van der Waals surface area (Å²) in [5.74, 6) is 0.191. The average molecular weight is 227 g/mol. The monoisotopic (exact) mass is 227 g/mol. The summed E-state index contributed by atoms with van der Waals surface area (Å²) in [6, 6.07) is 1.91. The van der Waals surface area contributed by atoms with Gasteiger partial charge in [-0.1, -0.05) is 11.3 Å². The van der Waals surface area contributed by atoms with E-state index in [0.717, 1.165) is 11.3 Å². The Bertz CT molecular complexity index is 397. The first kappa shape index (κ1) is 11.1. The molecule has 0 unspecified atom stereocenters. The van der Waals surface area contributed by atoms with Crippen LogP contribution in [0.5, 0.6) is 0 Å². The minimum Gasteiger partial charge on any atom is -0.465 e. The fourth-order valence-electron chi connectivity index (χ4n) is 0.827. The third-order valence-corrected chi connectivity index (χ3v) is 2.37. The van der Waals surface area contributed by atoms with Gasteiger partial charge in [-0.3, -0.25) is 0 Å². The van der Waals surface area contributed by atoms with E-state index < -0.39 is 6.09 Å². The molecule has 0 aliphatic heterocycles. The molecule has 1 aromatic heterocycles. The van der Waals surface area contributed by atoms with Gasteiger partial charge >= 0.3 is 6.09 Å². The van der Waals surface area contributed by atoms with Gasteiger partial charge in [0.25, 0.3) is 0 Å². The number of nitrogen functional groups attached to an aromatic ring is 1. The maximum atomic E-state index is 10.1. The van der Waals surface area contributed by atoms with Crippen molar-refractivity contribution in [1.82, 2.24) is 10.3 Å². The number of nitrogens with two attached hydrogens (primary N) is 1. The number of carboxylic acid groups (broad SMARTS) is 1. The van der Waals surface area contributed by atoms with Gasteiger partial charge in [-0.2, -0.15) is 5.26 Å². The normalized spacial score (nSPS) is 9.27. The van der Waals surface area contributed by atoms with Crippen molar-refractivity contribution in [3.8, 4) is 6.07 Å². The topological polar surface area (TPSA) is 124 Å². The van der Waals surface area contributed by atoms with Gasteiger partial charge in [-0.05, 0) is 0 Å². The summed E-state index contributed by atoms with van der Waals surface area (Å²) in [5, 5.41) is 22.4. The van der Waals surface area contributed by atoms with Gasteiger partial charge in [0.1, 0.15) is 10.9 Å². The number of anilines is 2. The van der Waals surface area contributed by atoms with Crippen LogP contribution in [0.2, 0.25) is 0 Å². The minimum atomic E-state index is -1.08. The number of nitrogens with zero attached hydrogens (tertiary/aromatic N) is 2. The van der Waals surface area contributed by atoms with E-state index in [1.807, 2.05) is 6.07 Å². The Morgan fingerprint density at radius 3 is 2.93 bits per heavy atom. The predicted octanol–water partition coefficient (Wildman–Crippen LogP) is 0.276. The van der Waals surface area contributed by atoms with Crippen LogP contribution in [0.4, 0.5) is 15.7 Å². The highest BCUT2D eigenvalue weighted by Gasteiger charge is 2.06. The SMILES string of the molecule is N#Cc1sc(NCCNC(=O)O)nc1N. The maximum absolute atomic E-state index is 10.1. The molecule has 15 heavy (non-hydrogen) atoms. The highest BCUT2D eigenvalue weighted by molar-refractivity contribution is 7.16. The fraction of sp³-hybridized carbons (Fsp3) is 0.286. The number of amides is 1. The summed E-state index contributed by atoms with van der Waals surface area (Å²) < 4.78 is 0. The van der Waals surface area contributed by atoms with E-state index in [1.165, 1.54) is 0 Å². The van der Waals surface area contributed by atoms with Crippen LogP contribution < -0.4 is 16.4 Å². The molecule has 80 valence electrons. The molecule has 0 atom stereocenters. The van der Waals surface area contributed by atoms with E-state index in [2.05, 4.69) is 15.6 Å². The summed E-state index contributed by atoms with van der Waals surface area (Å²) in [6.07, 6.45) is -1.08. The molecule has 0 aliphatic carbocycles. The molecular formula is C7H9N5O2S. The standard InChI is InChI=1S/C7H9N5O2S/c8-3-4-5(9)12-6(15-4)10-1-2-11-7(13)14/h11H,1-2,9H2,(H,10,12)(H,13,14). The second kappa shape index (κ2) is 5.02. The van der Waals surface area contributed by atoms with Gasteiger partial charge in [0.15, 0.2) is 10.9 Å². The molecule has 0 spiro atoms. The van der Waals surface area contributed by atoms with Gasteiger partial charge in [-0.15, -0.1) is 0 Å². The Balaban J connectivity index is 2.38. The Kier molecular flexibility index (Phi) is 3.70. The first-order chi connectivity index (χ1) is 7.13. The Morgan fingerprint density at radius 2 is 2.40 bits per heavy atom. The lowest BCUT2D eigenvalue weighted by molar-refractivity contribution is 0.195. The zero-order valence-electron chi connectivity index (χ0n) is 7.65. The molecule has 5 N–H and O–H groups in total. The molecule has 0 saturated carbocycles. The number of rotatable bonds is 4. The highest BCUT2D eigenvalue weighted by atomic mass is 32.1. The second-order valence-electron chi connectivity index (χ2n) is 2.50. The second-order valence-corrected chi connectivity index (χ2v) is 3.50. The summed E-state index contributed by atoms with van der Waals surface area (Å²) in [6.45, 7) is 0.654. The van der Waals surface area contributed by atoms with Crippen LogP contribution in [-0.4, -0.2) is 29.3 Å². The molecule has 0 radical (unpaired) electrons. The van der Waals surface area contributed by atoms with Crippen molar-refractivity contribution in [2.24, 2.45) is 0 Å². The van der Waals surface area contributed by atoms with Crippen LogP contribution in [0, 0.1) is 11.3 Å². The van der Waals surface area contributed by atoms with Crippen LogP contribution in [-0.2, 0) is 0 Å². The lowest BCUT2D eigenvalue weighted by Crippen LogP contribution is -2.26.